The van der Waals surface area contributed by atoms with Crippen LogP contribution < -0.4 is 10.6 Å². The van der Waals surface area contributed by atoms with Crippen molar-refractivity contribution in [2.75, 3.05) is 10.6 Å². The molecule has 4 nitrogen and oxygen atoms in total. The minimum Gasteiger partial charge on any atom is -0.367 e. The van der Waals surface area contributed by atoms with Crippen LogP contribution in [-0.2, 0) is 6.42 Å². The predicted octanol–water partition coefficient (Wildman–Crippen LogP) is 3.99. The molecule has 0 aliphatic carbocycles. The van der Waals surface area contributed by atoms with E-state index in [2.05, 4.69) is 65.6 Å². The van der Waals surface area contributed by atoms with E-state index in [1.54, 1.807) is 6.33 Å². The molecular weight excluding hydrogens is 248 g/mol. The number of aromatic nitrogens is 2. The first-order valence-electron chi connectivity index (χ1n) is 7.15. The van der Waals surface area contributed by atoms with E-state index in [9.17, 15) is 0 Å². The summed E-state index contributed by atoms with van der Waals surface area (Å²) < 4.78 is 0. The summed E-state index contributed by atoms with van der Waals surface area (Å²) in [5.41, 5.74) is 2.37. The van der Waals surface area contributed by atoms with Crippen molar-refractivity contribution in [2.24, 2.45) is 0 Å². The van der Waals surface area contributed by atoms with Gasteiger partial charge in [0.2, 0.25) is 0 Å². The van der Waals surface area contributed by atoms with Crippen molar-refractivity contribution in [3.05, 3.63) is 42.2 Å². The van der Waals surface area contributed by atoms with Gasteiger partial charge in [-0.1, -0.05) is 26.0 Å². The van der Waals surface area contributed by atoms with Crippen molar-refractivity contribution in [3.63, 3.8) is 0 Å². The monoisotopic (exact) mass is 270 g/mol. The van der Waals surface area contributed by atoms with Crippen molar-refractivity contribution in [1.29, 1.82) is 0 Å². The van der Waals surface area contributed by atoms with Gasteiger partial charge in [0.25, 0.3) is 0 Å². The first-order chi connectivity index (χ1) is 9.71. The van der Waals surface area contributed by atoms with Gasteiger partial charge in [0.15, 0.2) is 0 Å². The number of nitrogens with zero attached hydrogens (tertiary/aromatic N) is 2. The van der Waals surface area contributed by atoms with Crippen LogP contribution in [0.4, 0.5) is 17.3 Å². The van der Waals surface area contributed by atoms with Gasteiger partial charge in [-0.15, -0.1) is 0 Å². The third-order valence-corrected chi connectivity index (χ3v) is 3.31. The first-order valence-corrected chi connectivity index (χ1v) is 7.15. The Balaban J connectivity index is 2.06. The largest absolute Gasteiger partial charge is 0.367 e. The van der Waals surface area contributed by atoms with E-state index >= 15 is 0 Å². The average molecular weight is 270 g/mol. The van der Waals surface area contributed by atoms with E-state index in [0.29, 0.717) is 6.04 Å². The van der Waals surface area contributed by atoms with Crippen LogP contribution in [0.1, 0.15) is 32.8 Å². The fraction of sp³-hybridized carbons (Fsp3) is 0.375. The van der Waals surface area contributed by atoms with Crippen LogP contribution in [0.3, 0.4) is 0 Å². The van der Waals surface area contributed by atoms with Gasteiger partial charge in [0, 0.05) is 17.8 Å². The Bertz CT molecular complexity index is 536. The molecular formula is C16H22N4. The highest BCUT2D eigenvalue weighted by Gasteiger charge is 2.02. The Morgan fingerprint density at radius 1 is 1.05 bits per heavy atom. The SMILES string of the molecule is CCc1ccc(Nc2cc(NC(C)CC)ncn2)cc1. The number of hydrogen-bond donors (Lipinski definition) is 2. The lowest BCUT2D eigenvalue weighted by atomic mass is 10.1. The lowest BCUT2D eigenvalue weighted by Gasteiger charge is -2.13. The molecule has 0 saturated carbocycles. The lowest BCUT2D eigenvalue weighted by molar-refractivity contribution is 0.758. The summed E-state index contributed by atoms with van der Waals surface area (Å²) in [6.07, 6.45) is 3.69. The molecule has 4 heteroatoms. The molecule has 20 heavy (non-hydrogen) atoms. The van der Waals surface area contributed by atoms with Gasteiger partial charge in [-0.05, 0) is 37.5 Å². The van der Waals surface area contributed by atoms with Gasteiger partial charge in [-0.2, -0.15) is 0 Å². The van der Waals surface area contributed by atoms with E-state index in [4.69, 9.17) is 0 Å². The number of benzene rings is 1. The Labute approximate surface area is 120 Å². The third-order valence-electron chi connectivity index (χ3n) is 3.31. The fourth-order valence-corrected chi connectivity index (χ4v) is 1.83. The number of rotatable bonds is 6. The highest BCUT2D eigenvalue weighted by atomic mass is 15.1. The maximum absolute atomic E-state index is 4.25. The molecule has 0 radical (unpaired) electrons. The first kappa shape index (κ1) is 14.3. The highest BCUT2D eigenvalue weighted by Crippen LogP contribution is 2.17. The van der Waals surface area contributed by atoms with Gasteiger partial charge in [0.1, 0.15) is 18.0 Å². The highest BCUT2D eigenvalue weighted by molar-refractivity contribution is 5.59. The molecule has 0 bridgehead atoms. The molecule has 1 heterocycles. The van der Waals surface area contributed by atoms with Crippen molar-refractivity contribution in [1.82, 2.24) is 9.97 Å². The molecule has 0 spiro atoms. The second kappa shape index (κ2) is 6.89. The van der Waals surface area contributed by atoms with Crippen LogP contribution in [0.2, 0.25) is 0 Å². The van der Waals surface area contributed by atoms with Gasteiger partial charge in [0.05, 0.1) is 0 Å². The predicted molar refractivity (Wildman–Crippen MR) is 84.5 cm³/mol. The van der Waals surface area contributed by atoms with Crippen LogP contribution >= 0.6 is 0 Å². The third kappa shape index (κ3) is 3.95. The molecule has 1 aromatic carbocycles. The second-order valence-electron chi connectivity index (χ2n) is 4.92. The summed E-state index contributed by atoms with van der Waals surface area (Å²) in [5, 5.41) is 6.64. The van der Waals surface area contributed by atoms with Crippen molar-refractivity contribution in [3.8, 4) is 0 Å². The molecule has 1 atom stereocenters. The molecule has 0 aliphatic rings. The summed E-state index contributed by atoms with van der Waals surface area (Å²) in [6, 6.07) is 10.7. The molecule has 0 aliphatic heterocycles. The van der Waals surface area contributed by atoms with Gasteiger partial charge >= 0.3 is 0 Å². The zero-order valence-electron chi connectivity index (χ0n) is 12.4. The zero-order valence-corrected chi connectivity index (χ0v) is 12.4. The van der Waals surface area contributed by atoms with Gasteiger partial charge in [-0.3, -0.25) is 0 Å². The molecule has 0 fully saturated rings. The van der Waals surface area contributed by atoms with E-state index in [-0.39, 0.29) is 0 Å². The number of nitrogens with one attached hydrogen (secondary N) is 2. The Hall–Kier alpha value is -2.10. The van der Waals surface area contributed by atoms with Crippen LogP contribution in [0.5, 0.6) is 0 Å². The van der Waals surface area contributed by atoms with Gasteiger partial charge in [-0.25, -0.2) is 9.97 Å². The summed E-state index contributed by atoms with van der Waals surface area (Å²) in [5.74, 6) is 1.65. The molecule has 0 saturated heterocycles. The normalized spacial score (nSPS) is 11.9. The van der Waals surface area contributed by atoms with E-state index in [0.717, 1.165) is 30.2 Å². The maximum atomic E-state index is 4.25. The minimum absolute atomic E-state index is 0.404. The van der Waals surface area contributed by atoms with E-state index in [1.807, 2.05) is 6.07 Å². The summed E-state index contributed by atoms with van der Waals surface area (Å²) >= 11 is 0. The minimum atomic E-state index is 0.404. The summed E-state index contributed by atoms with van der Waals surface area (Å²) in [4.78, 5) is 8.48. The van der Waals surface area contributed by atoms with Crippen molar-refractivity contribution in [2.45, 2.75) is 39.7 Å². The Kier molecular flexibility index (Phi) is 4.93. The second-order valence-corrected chi connectivity index (χ2v) is 4.92. The number of aryl methyl sites for hydroxylation is 1. The molecule has 106 valence electrons. The van der Waals surface area contributed by atoms with Crippen molar-refractivity contribution < 1.29 is 0 Å². The van der Waals surface area contributed by atoms with E-state index < -0.39 is 0 Å². The fourth-order valence-electron chi connectivity index (χ4n) is 1.83. The van der Waals surface area contributed by atoms with Crippen molar-refractivity contribution >= 4 is 17.3 Å². The molecule has 1 aromatic heterocycles. The zero-order chi connectivity index (χ0) is 14.4. The maximum Gasteiger partial charge on any atom is 0.135 e. The summed E-state index contributed by atoms with van der Waals surface area (Å²) in [7, 11) is 0. The van der Waals surface area contributed by atoms with Crippen LogP contribution in [0.25, 0.3) is 0 Å². The molecule has 1 unspecified atom stereocenters. The Morgan fingerprint density at radius 2 is 1.75 bits per heavy atom. The Morgan fingerprint density at radius 3 is 2.40 bits per heavy atom. The number of anilines is 3. The van der Waals surface area contributed by atoms with Crippen LogP contribution in [-0.4, -0.2) is 16.0 Å². The summed E-state index contributed by atoms with van der Waals surface area (Å²) in [6.45, 7) is 6.44. The standard InChI is InChI=1S/C16H22N4/c1-4-12(3)19-15-10-16(18-11-17-15)20-14-8-6-13(5-2)7-9-14/h6-12H,4-5H2,1-3H3,(H2,17,18,19,20). The number of hydrogen-bond acceptors (Lipinski definition) is 4. The molecule has 2 N–H and O–H groups in total. The smallest absolute Gasteiger partial charge is 0.135 e. The quantitative estimate of drug-likeness (QED) is 0.833. The van der Waals surface area contributed by atoms with E-state index in [1.165, 1.54) is 5.56 Å². The molecule has 0 amide bonds. The topological polar surface area (TPSA) is 49.8 Å². The lowest BCUT2D eigenvalue weighted by Crippen LogP contribution is -2.14. The molecule has 2 aromatic rings. The average Bonchev–Trinajstić information content (AvgIpc) is 2.48. The van der Waals surface area contributed by atoms with Gasteiger partial charge < -0.3 is 10.6 Å². The van der Waals surface area contributed by atoms with Crippen LogP contribution in [0, 0.1) is 0 Å². The van der Waals surface area contributed by atoms with Crippen LogP contribution in [0.15, 0.2) is 36.7 Å². The molecule has 2 rings (SSSR count).